The van der Waals surface area contributed by atoms with Gasteiger partial charge >= 0.3 is 18.1 Å². The molecule has 432 valence electrons. The number of hydrogen-bond acceptors (Lipinski definition) is 7. The third-order valence-electron chi connectivity index (χ3n) is 17.2. The van der Waals surface area contributed by atoms with Crippen molar-refractivity contribution in [2.45, 2.75) is 100 Å². The summed E-state index contributed by atoms with van der Waals surface area (Å²) in [6, 6.07) is 43.5. The number of rotatable bonds is 3. The van der Waals surface area contributed by atoms with Crippen LogP contribution in [0, 0.1) is 35.5 Å². The highest BCUT2D eigenvalue weighted by molar-refractivity contribution is 6.36. The summed E-state index contributed by atoms with van der Waals surface area (Å²) in [4.78, 5) is 86.3. The van der Waals surface area contributed by atoms with Crippen LogP contribution in [0.1, 0.15) is 117 Å². The first-order valence-corrected chi connectivity index (χ1v) is 29.6. The molecule has 0 radical (unpaired) electrons. The van der Waals surface area contributed by atoms with E-state index in [-0.39, 0.29) is 53.3 Å². The predicted octanol–water partition coefficient (Wildman–Crippen LogP) is 13.8. The Kier molecular flexibility index (Phi) is 18.2. The molecule has 85 heavy (non-hydrogen) atoms. The van der Waals surface area contributed by atoms with Crippen molar-refractivity contribution in [2.75, 3.05) is 49.1 Å². The molecule has 6 aromatic carbocycles. The summed E-state index contributed by atoms with van der Waals surface area (Å²) < 4.78 is 5.42. The number of urea groups is 3. The lowest BCUT2D eigenvalue weighted by Crippen LogP contribution is -2.65. The van der Waals surface area contributed by atoms with Gasteiger partial charge in [-0.1, -0.05) is 144 Å². The number of ether oxygens (including phenoxy) is 1. The second kappa shape index (κ2) is 25.9. The highest BCUT2D eigenvalue weighted by atomic mass is 35.5. The van der Waals surface area contributed by atoms with Crippen molar-refractivity contribution in [1.29, 1.82) is 0 Å². The summed E-state index contributed by atoms with van der Waals surface area (Å²) in [5, 5.41) is 1.01. The van der Waals surface area contributed by atoms with Gasteiger partial charge in [0.1, 0.15) is 0 Å². The fraction of sp³-hybridized carbons (Fsp3) is 0.304. The van der Waals surface area contributed by atoms with Crippen LogP contribution in [0.15, 0.2) is 146 Å². The minimum absolute atomic E-state index is 0.181. The van der Waals surface area contributed by atoms with E-state index < -0.39 is 5.54 Å². The summed E-state index contributed by atoms with van der Waals surface area (Å²) in [7, 11) is 5.33. The van der Waals surface area contributed by atoms with E-state index in [1.165, 1.54) is 21.1 Å². The molecular formula is C69H63Cl3N6O7. The van der Waals surface area contributed by atoms with E-state index in [0.717, 1.165) is 72.8 Å². The molecule has 0 unspecified atom stereocenters. The third-order valence-corrected chi connectivity index (χ3v) is 18.1. The van der Waals surface area contributed by atoms with E-state index >= 15 is 0 Å². The zero-order valence-corrected chi connectivity index (χ0v) is 49.9. The lowest BCUT2D eigenvalue weighted by molar-refractivity contribution is -0.125. The van der Waals surface area contributed by atoms with Crippen molar-refractivity contribution in [2.24, 2.45) is 0 Å². The molecule has 9 amide bonds. The number of nitrogens with zero attached hydrogens (tertiary/aromatic N) is 6. The molecule has 6 aliphatic rings. The largest absolute Gasteiger partial charge is 0.381 e. The summed E-state index contributed by atoms with van der Waals surface area (Å²) in [5.74, 6) is 17.8. The number of carbonyl (C=O) groups is 6. The van der Waals surface area contributed by atoms with E-state index in [2.05, 4.69) is 35.5 Å². The molecule has 16 heteroatoms. The third kappa shape index (κ3) is 12.9. The van der Waals surface area contributed by atoms with Crippen LogP contribution in [0.25, 0.3) is 0 Å². The summed E-state index contributed by atoms with van der Waals surface area (Å²) in [5.41, 5.74) is 5.03. The van der Waals surface area contributed by atoms with Crippen LogP contribution < -0.4 is 14.7 Å². The zero-order valence-electron chi connectivity index (χ0n) is 47.6. The highest BCUT2D eigenvalue weighted by Gasteiger charge is 2.53. The Hall–Kier alpha value is -8.35. The van der Waals surface area contributed by atoms with E-state index in [0.29, 0.717) is 76.6 Å². The van der Waals surface area contributed by atoms with Crippen molar-refractivity contribution in [3.05, 3.63) is 194 Å². The topological polar surface area (TPSA) is 131 Å². The summed E-state index contributed by atoms with van der Waals surface area (Å²) in [6.45, 7) is 1.11. The minimum atomic E-state index is -0.462. The molecule has 2 aliphatic carbocycles. The van der Waals surface area contributed by atoms with E-state index in [1.807, 2.05) is 91.0 Å². The summed E-state index contributed by atoms with van der Waals surface area (Å²) in [6.07, 6.45) is 10.2. The van der Waals surface area contributed by atoms with Gasteiger partial charge in [0.25, 0.3) is 0 Å². The Balaban J connectivity index is 0.000000142. The quantitative estimate of drug-likeness (QED) is 0.161. The van der Waals surface area contributed by atoms with E-state index in [9.17, 15) is 28.8 Å². The van der Waals surface area contributed by atoms with E-state index in [1.54, 1.807) is 90.4 Å². The molecule has 0 N–H and O–H groups in total. The number of carbonyl (C=O) groups excluding carboxylic acids is 6. The first kappa shape index (κ1) is 59.8. The predicted molar refractivity (Wildman–Crippen MR) is 333 cm³/mol. The lowest BCUT2D eigenvalue weighted by Gasteiger charge is -2.52. The average molecular weight is 1190 g/mol. The molecule has 2 saturated carbocycles. The molecule has 4 saturated heterocycles. The first-order valence-electron chi connectivity index (χ1n) is 28.5. The molecule has 12 rings (SSSR count). The van der Waals surface area contributed by atoms with Gasteiger partial charge in [0.2, 0.25) is 17.7 Å². The van der Waals surface area contributed by atoms with Gasteiger partial charge in [-0.2, -0.15) is 0 Å². The Labute approximate surface area is 511 Å². The van der Waals surface area contributed by atoms with E-state index in [4.69, 9.17) is 39.5 Å². The maximum Gasteiger partial charge on any atom is 0.331 e. The Morgan fingerprint density at radius 3 is 0.918 bits per heavy atom. The number of hydrogen-bond donors (Lipinski definition) is 0. The maximum atomic E-state index is 13.1. The van der Waals surface area contributed by atoms with Gasteiger partial charge in [-0.25, -0.2) is 29.1 Å². The minimum Gasteiger partial charge on any atom is -0.381 e. The van der Waals surface area contributed by atoms with Crippen LogP contribution >= 0.6 is 34.8 Å². The highest BCUT2D eigenvalue weighted by Crippen LogP contribution is 2.46. The fourth-order valence-electron chi connectivity index (χ4n) is 11.9. The van der Waals surface area contributed by atoms with Gasteiger partial charge in [-0.05, 0) is 136 Å². The summed E-state index contributed by atoms with van der Waals surface area (Å²) >= 11 is 19.3. The molecule has 0 bridgehead atoms. The molecule has 6 aromatic rings. The van der Waals surface area contributed by atoms with Crippen LogP contribution in [0.3, 0.4) is 0 Å². The maximum absolute atomic E-state index is 13.1. The zero-order chi connectivity index (χ0) is 59.9. The monoisotopic (exact) mass is 1190 g/mol. The Morgan fingerprint density at radius 2 is 0.635 bits per heavy atom. The van der Waals surface area contributed by atoms with Crippen LogP contribution in [-0.2, 0) is 19.1 Å². The average Bonchev–Trinajstić information content (AvgIpc) is 1.77. The second-order valence-electron chi connectivity index (χ2n) is 22.3. The van der Waals surface area contributed by atoms with Crippen molar-refractivity contribution in [3.8, 4) is 35.5 Å². The molecule has 3 spiro atoms. The molecule has 0 atom stereocenters. The van der Waals surface area contributed by atoms with Crippen molar-refractivity contribution in [1.82, 2.24) is 14.7 Å². The van der Waals surface area contributed by atoms with Gasteiger partial charge in [0.05, 0.1) is 68.0 Å². The molecule has 13 nitrogen and oxygen atoms in total. The lowest BCUT2D eigenvalue weighted by atomic mass is 9.72. The van der Waals surface area contributed by atoms with Crippen molar-refractivity contribution < 1.29 is 33.5 Å². The standard InChI is InChI=1S/C24H23ClN2O2.C23H21ClN2O3.C22H19ClN2O2/c1-26-23(29)27(22(28)17-24(26)14-6-3-7-15-24)21-13-12-19(16-20(21)25)11-10-18-8-4-2-5-9-18;1-25-22(28)26(21(27)16-23(25)11-13-29-14-12-23)20-10-9-18(15-19(20)24)8-7-17-5-3-2-4-6-17;1-24-21(27)25(20(26)15-22(24)12-5-13-22)19-11-10-17(14-18(19)23)9-8-16-6-3-2-4-7-16/h2,4-5,8-9,12-13,16H,3,6-7,14-15,17H2,1H3;2-6,9-10,15H,11-14,16H2,1H3;2-4,6-7,10-11,14H,5,12-13,15H2,1H3. The normalized spacial score (nSPS) is 18.4. The van der Waals surface area contributed by atoms with Crippen LogP contribution in [0.2, 0.25) is 15.1 Å². The fourth-order valence-corrected chi connectivity index (χ4v) is 12.7. The first-order chi connectivity index (χ1) is 41.0. The molecule has 4 heterocycles. The molecule has 0 aromatic heterocycles. The van der Waals surface area contributed by atoms with Gasteiger partial charge in [0.15, 0.2) is 0 Å². The molecular weight excluding hydrogens is 1130 g/mol. The molecule has 6 fully saturated rings. The number of anilines is 3. The number of halogens is 3. The van der Waals surface area contributed by atoms with Gasteiger partial charge in [-0.3, -0.25) is 14.4 Å². The number of benzene rings is 6. The van der Waals surface area contributed by atoms with Crippen LogP contribution in [0.5, 0.6) is 0 Å². The Morgan fingerprint density at radius 1 is 0.353 bits per heavy atom. The molecule has 4 aliphatic heterocycles. The van der Waals surface area contributed by atoms with Gasteiger partial charge in [0, 0.05) is 67.7 Å². The smallest absolute Gasteiger partial charge is 0.331 e. The second-order valence-corrected chi connectivity index (χ2v) is 23.5. The van der Waals surface area contributed by atoms with Gasteiger partial charge < -0.3 is 19.4 Å². The van der Waals surface area contributed by atoms with Crippen molar-refractivity contribution >= 4 is 87.7 Å². The number of amides is 9. The van der Waals surface area contributed by atoms with Crippen molar-refractivity contribution in [3.63, 3.8) is 0 Å². The van der Waals surface area contributed by atoms with Crippen LogP contribution in [0.4, 0.5) is 31.4 Å². The van der Waals surface area contributed by atoms with Gasteiger partial charge in [-0.15, -0.1) is 0 Å². The van der Waals surface area contributed by atoms with Crippen LogP contribution in [-0.4, -0.2) is 101 Å². The SMILES string of the molecule is CN1C(=O)N(c2ccc(C#Cc3ccccc3)cc2Cl)C(=O)CC12CCC2.CN1C(=O)N(c2ccc(C#Cc3ccccc3)cc2Cl)C(=O)CC12CCCCC2.CN1C(=O)N(c2ccc(C#Cc3ccccc3)cc2Cl)C(=O)CC12CCOCC2. The Bertz CT molecular complexity index is 3590. The number of imide groups is 3.